The summed E-state index contributed by atoms with van der Waals surface area (Å²) in [6.07, 6.45) is 0. The largest absolute Gasteiger partial charge is 0.378 e. The molecule has 0 aliphatic carbocycles. The Labute approximate surface area is 170 Å². The minimum absolute atomic E-state index is 0.0647. The number of aryl methyl sites for hydroxylation is 1. The van der Waals surface area contributed by atoms with E-state index in [0.717, 1.165) is 34.5 Å². The molecule has 0 saturated carbocycles. The molecule has 0 fully saturated rings. The van der Waals surface area contributed by atoms with Gasteiger partial charge in [-0.2, -0.15) is 0 Å². The van der Waals surface area contributed by atoms with E-state index in [-0.39, 0.29) is 11.7 Å². The van der Waals surface area contributed by atoms with Crippen LogP contribution in [0, 0.1) is 6.92 Å². The van der Waals surface area contributed by atoms with Gasteiger partial charge in [-0.15, -0.1) is 10.2 Å². The van der Waals surface area contributed by atoms with E-state index in [1.807, 2.05) is 60.0 Å². The number of nitrogens with zero attached hydrogens (tertiary/aromatic N) is 4. The summed E-state index contributed by atoms with van der Waals surface area (Å²) in [6, 6.07) is 16.0. The summed E-state index contributed by atoms with van der Waals surface area (Å²) in [7, 11) is 3.97. The van der Waals surface area contributed by atoms with E-state index in [4.69, 9.17) is 0 Å². The summed E-state index contributed by atoms with van der Waals surface area (Å²) in [4.78, 5) is 14.3. The quantitative estimate of drug-likeness (QED) is 0.611. The number of hydrogen-bond donors (Lipinski definition) is 1. The third kappa shape index (κ3) is 4.72. The monoisotopic (exact) mass is 395 g/mol. The van der Waals surface area contributed by atoms with Crippen molar-refractivity contribution in [3.63, 3.8) is 0 Å². The lowest BCUT2D eigenvalue weighted by molar-refractivity contribution is -0.113. The fourth-order valence-corrected chi connectivity index (χ4v) is 3.57. The highest BCUT2D eigenvalue weighted by molar-refractivity contribution is 7.99. The number of anilines is 2. The fraction of sp³-hybridized carbons (Fsp3) is 0.286. The van der Waals surface area contributed by atoms with Crippen molar-refractivity contribution in [3.05, 3.63) is 54.1 Å². The molecule has 2 aromatic carbocycles. The van der Waals surface area contributed by atoms with Crippen molar-refractivity contribution >= 4 is 29.0 Å². The Kier molecular flexibility index (Phi) is 6.36. The second-order valence-corrected chi connectivity index (χ2v) is 7.64. The Hall–Kier alpha value is -2.80. The van der Waals surface area contributed by atoms with Gasteiger partial charge in [-0.05, 0) is 38.1 Å². The second-order valence-electron chi connectivity index (χ2n) is 6.69. The normalized spacial score (nSPS) is 10.7. The number of thioether (sulfide) groups is 1. The maximum Gasteiger partial charge on any atom is 0.234 e. The Balaban J connectivity index is 1.64. The molecule has 3 aromatic rings. The number of nitrogens with one attached hydrogen (secondary N) is 1. The first-order valence-electron chi connectivity index (χ1n) is 9.18. The number of carbonyl (C=O) groups is 1. The summed E-state index contributed by atoms with van der Waals surface area (Å²) >= 11 is 1.39. The molecule has 1 aromatic heterocycles. The van der Waals surface area contributed by atoms with Crippen LogP contribution in [0.2, 0.25) is 0 Å². The van der Waals surface area contributed by atoms with Gasteiger partial charge in [0.25, 0.3) is 0 Å². The first-order valence-corrected chi connectivity index (χ1v) is 10.2. The van der Waals surface area contributed by atoms with Crippen LogP contribution in [0.15, 0.2) is 53.7 Å². The van der Waals surface area contributed by atoms with Gasteiger partial charge in [0.1, 0.15) is 0 Å². The molecule has 1 heterocycles. The Morgan fingerprint density at radius 3 is 2.36 bits per heavy atom. The molecule has 146 valence electrons. The average molecular weight is 396 g/mol. The third-order valence-electron chi connectivity index (χ3n) is 4.34. The molecule has 1 N–H and O–H groups in total. The number of aromatic nitrogens is 3. The molecule has 0 saturated heterocycles. The van der Waals surface area contributed by atoms with Gasteiger partial charge in [0.2, 0.25) is 5.91 Å². The Bertz CT molecular complexity index is 932. The molecular formula is C21H25N5OS. The lowest BCUT2D eigenvalue weighted by Gasteiger charge is -2.13. The number of amides is 1. The van der Waals surface area contributed by atoms with Crippen LogP contribution in [0.25, 0.3) is 11.4 Å². The zero-order chi connectivity index (χ0) is 20.1. The van der Waals surface area contributed by atoms with Crippen molar-refractivity contribution in [1.82, 2.24) is 14.8 Å². The van der Waals surface area contributed by atoms with Crippen LogP contribution in [0.3, 0.4) is 0 Å². The van der Waals surface area contributed by atoms with Crippen molar-refractivity contribution in [2.75, 3.05) is 30.1 Å². The fourth-order valence-electron chi connectivity index (χ4n) is 2.77. The van der Waals surface area contributed by atoms with Gasteiger partial charge >= 0.3 is 0 Å². The number of rotatable bonds is 7. The maximum absolute atomic E-state index is 12.3. The number of hydrogen-bond acceptors (Lipinski definition) is 5. The van der Waals surface area contributed by atoms with Crippen LogP contribution >= 0.6 is 11.8 Å². The third-order valence-corrected chi connectivity index (χ3v) is 5.31. The van der Waals surface area contributed by atoms with E-state index < -0.39 is 0 Å². The van der Waals surface area contributed by atoms with E-state index in [1.54, 1.807) is 0 Å². The molecular weight excluding hydrogens is 370 g/mol. The van der Waals surface area contributed by atoms with Crippen molar-refractivity contribution in [2.45, 2.75) is 25.5 Å². The van der Waals surface area contributed by atoms with Crippen LogP contribution in [-0.4, -0.2) is 40.5 Å². The van der Waals surface area contributed by atoms with Crippen molar-refractivity contribution < 1.29 is 4.79 Å². The van der Waals surface area contributed by atoms with Crippen LogP contribution in [-0.2, 0) is 11.3 Å². The molecule has 0 aliphatic heterocycles. The van der Waals surface area contributed by atoms with E-state index in [9.17, 15) is 4.79 Å². The second kappa shape index (κ2) is 8.93. The van der Waals surface area contributed by atoms with Gasteiger partial charge in [-0.3, -0.25) is 4.79 Å². The lowest BCUT2D eigenvalue weighted by atomic mass is 10.1. The zero-order valence-electron chi connectivity index (χ0n) is 16.6. The minimum Gasteiger partial charge on any atom is -0.378 e. The van der Waals surface area contributed by atoms with Gasteiger partial charge in [0, 0.05) is 37.6 Å². The molecule has 0 aliphatic rings. The van der Waals surface area contributed by atoms with Crippen molar-refractivity contribution in [3.8, 4) is 11.4 Å². The maximum atomic E-state index is 12.3. The lowest BCUT2D eigenvalue weighted by Crippen LogP contribution is -2.15. The topological polar surface area (TPSA) is 63.1 Å². The Morgan fingerprint density at radius 1 is 1.07 bits per heavy atom. The van der Waals surface area contributed by atoms with E-state index >= 15 is 0 Å². The zero-order valence-corrected chi connectivity index (χ0v) is 17.5. The highest BCUT2D eigenvalue weighted by Gasteiger charge is 2.14. The smallest absolute Gasteiger partial charge is 0.234 e. The summed E-state index contributed by atoms with van der Waals surface area (Å²) < 4.78 is 2.04. The van der Waals surface area contributed by atoms with Crippen molar-refractivity contribution in [2.24, 2.45) is 0 Å². The van der Waals surface area contributed by atoms with E-state index in [1.165, 1.54) is 17.3 Å². The van der Waals surface area contributed by atoms with Crippen LogP contribution in [0.1, 0.15) is 12.5 Å². The van der Waals surface area contributed by atoms with Gasteiger partial charge in [0.15, 0.2) is 11.0 Å². The van der Waals surface area contributed by atoms with Crippen molar-refractivity contribution in [1.29, 1.82) is 0 Å². The molecule has 0 atom stereocenters. The number of benzene rings is 2. The van der Waals surface area contributed by atoms with Crippen LogP contribution in [0.4, 0.5) is 11.4 Å². The predicted molar refractivity (Wildman–Crippen MR) is 116 cm³/mol. The van der Waals surface area contributed by atoms with Gasteiger partial charge in [-0.1, -0.05) is 41.6 Å². The minimum atomic E-state index is -0.0647. The van der Waals surface area contributed by atoms with E-state index in [0.29, 0.717) is 0 Å². The highest BCUT2D eigenvalue weighted by atomic mass is 32.2. The predicted octanol–water partition coefficient (Wildman–Crippen LogP) is 4.07. The molecule has 0 bridgehead atoms. The Morgan fingerprint density at radius 2 is 1.75 bits per heavy atom. The van der Waals surface area contributed by atoms with Gasteiger partial charge < -0.3 is 14.8 Å². The van der Waals surface area contributed by atoms with Gasteiger partial charge in [0.05, 0.1) is 5.75 Å². The molecule has 3 rings (SSSR count). The number of carbonyl (C=O) groups excluding carboxylic acids is 1. The molecule has 0 radical (unpaired) electrons. The highest BCUT2D eigenvalue weighted by Crippen LogP contribution is 2.24. The summed E-state index contributed by atoms with van der Waals surface area (Å²) in [5.41, 5.74) is 4.11. The first kappa shape index (κ1) is 19.9. The molecule has 6 nitrogen and oxygen atoms in total. The summed E-state index contributed by atoms with van der Waals surface area (Å²) in [5, 5.41) is 12.3. The summed E-state index contributed by atoms with van der Waals surface area (Å²) in [6.45, 7) is 4.85. The molecule has 1 amide bonds. The van der Waals surface area contributed by atoms with E-state index in [2.05, 4.69) is 41.5 Å². The molecule has 0 spiro atoms. The molecule has 0 unspecified atom stereocenters. The SMILES string of the molecule is CCn1c(SCC(=O)Nc2ccc(N(C)C)cc2)nnc1-c1ccc(C)cc1. The molecule has 28 heavy (non-hydrogen) atoms. The van der Waals surface area contributed by atoms with Gasteiger partial charge in [-0.25, -0.2) is 0 Å². The van der Waals surface area contributed by atoms with Crippen LogP contribution in [0.5, 0.6) is 0 Å². The first-order chi connectivity index (χ1) is 13.5. The van der Waals surface area contributed by atoms with Crippen LogP contribution < -0.4 is 10.2 Å². The summed E-state index contributed by atoms with van der Waals surface area (Å²) in [5.74, 6) is 1.04. The molecule has 7 heteroatoms. The average Bonchev–Trinajstić information content (AvgIpc) is 3.10. The standard InChI is InChI=1S/C21H25N5OS/c1-5-26-20(16-8-6-15(2)7-9-16)23-24-21(26)28-14-19(27)22-17-10-12-18(13-11-17)25(3)4/h6-13H,5,14H2,1-4H3,(H,22,27).